The molecule has 1 aromatic heterocycles. The van der Waals surface area contributed by atoms with E-state index in [1.54, 1.807) is 0 Å². The third kappa shape index (κ3) is 1.78. The monoisotopic (exact) mass is 220 g/mol. The Balaban J connectivity index is 2.48. The van der Waals surface area contributed by atoms with Gasteiger partial charge >= 0.3 is 0 Å². The minimum atomic E-state index is -0.0128. The normalized spacial score (nSPS) is 17.2. The van der Waals surface area contributed by atoms with Gasteiger partial charge in [0, 0.05) is 18.3 Å². The molecule has 0 radical (unpaired) electrons. The quantitative estimate of drug-likeness (QED) is 0.397. The lowest BCUT2D eigenvalue weighted by molar-refractivity contribution is 0.678. The molecule has 1 heterocycles. The lowest BCUT2D eigenvalue weighted by atomic mass is 9.94. The zero-order valence-corrected chi connectivity index (χ0v) is 9.56. The molecule has 1 aromatic rings. The zero-order chi connectivity index (χ0) is 11.7. The van der Waals surface area contributed by atoms with Gasteiger partial charge in [0.05, 0.1) is 11.4 Å². The van der Waals surface area contributed by atoms with Crippen LogP contribution in [0.15, 0.2) is 10.2 Å². The molecule has 0 fully saturated rings. The molecule has 0 amide bonds. The van der Waals surface area contributed by atoms with E-state index in [0.717, 1.165) is 36.2 Å². The zero-order valence-electron chi connectivity index (χ0n) is 9.56. The first-order chi connectivity index (χ1) is 7.59. The third-order valence-corrected chi connectivity index (χ3v) is 2.74. The van der Waals surface area contributed by atoms with Crippen molar-refractivity contribution in [3.05, 3.63) is 17.0 Å². The van der Waals surface area contributed by atoms with Crippen molar-refractivity contribution in [3.63, 3.8) is 0 Å². The Morgan fingerprint density at radius 1 is 1.38 bits per heavy atom. The maximum absolute atomic E-state index is 5.27. The highest BCUT2D eigenvalue weighted by Gasteiger charge is 2.22. The molecule has 1 aliphatic carbocycles. The molecular weight excluding hydrogens is 204 g/mol. The average Bonchev–Trinajstić information content (AvgIpc) is 2.52. The number of guanidine groups is 1. The summed E-state index contributed by atoms with van der Waals surface area (Å²) in [5.41, 5.74) is 14.8. The van der Waals surface area contributed by atoms with Gasteiger partial charge in [-0.3, -0.25) is 4.68 Å². The number of nitrogens with zero attached hydrogens (tertiary/aromatic N) is 4. The number of aryl methyl sites for hydroxylation is 2. The van der Waals surface area contributed by atoms with Crippen molar-refractivity contribution in [1.29, 1.82) is 0 Å². The maximum atomic E-state index is 5.27. The molecule has 6 nitrogen and oxygen atoms in total. The molecule has 2 rings (SSSR count). The number of hydrogen-bond acceptors (Lipinski definition) is 3. The SMILES string of the molecule is Cc1nn(C)c2c1C(=NN=C(N)N)CCC2. The van der Waals surface area contributed by atoms with Crippen molar-refractivity contribution in [2.75, 3.05) is 0 Å². The van der Waals surface area contributed by atoms with Crippen LogP contribution in [0, 0.1) is 6.92 Å². The Morgan fingerprint density at radius 3 is 2.81 bits per heavy atom. The number of nitrogens with two attached hydrogens (primary N) is 2. The van der Waals surface area contributed by atoms with Gasteiger partial charge in [0.25, 0.3) is 0 Å². The van der Waals surface area contributed by atoms with Crippen LogP contribution in [0.3, 0.4) is 0 Å². The van der Waals surface area contributed by atoms with Crippen LogP contribution in [0.4, 0.5) is 0 Å². The van der Waals surface area contributed by atoms with Gasteiger partial charge in [-0.1, -0.05) is 0 Å². The first-order valence-corrected chi connectivity index (χ1v) is 5.28. The Kier molecular flexibility index (Phi) is 2.64. The van der Waals surface area contributed by atoms with Gasteiger partial charge in [0.15, 0.2) is 0 Å². The van der Waals surface area contributed by atoms with Crippen LogP contribution >= 0.6 is 0 Å². The van der Waals surface area contributed by atoms with E-state index in [1.807, 2.05) is 18.7 Å². The highest BCUT2D eigenvalue weighted by atomic mass is 15.3. The molecule has 0 atom stereocenters. The van der Waals surface area contributed by atoms with Crippen molar-refractivity contribution in [2.45, 2.75) is 26.2 Å². The molecule has 6 heteroatoms. The molecule has 1 aliphatic rings. The fourth-order valence-corrected chi connectivity index (χ4v) is 2.13. The number of aromatic nitrogens is 2. The van der Waals surface area contributed by atoms with E-state index < -0.39 is 0 Å². The van der Waals surface area contributed by atoms with Gasteiger partial charge in [0.1, 0.15) is 0 Å². The lowest BCUT2D eigenvalue weighted by Crippen LogP contribution is -2.22. The van der Waals surface area contributed by atoms with E-state index >= 15 is 0 Å². The Labute approximate surface area is 94.0 Å². The van der Waals surface area contributed by atoms with Crippen LogP contribution in [0.25, 0.3) is 0 Å². The second kappa shape index (κ2) is 3.96. The molecule has 4 N–H and O–H groups in total. The standard InChI is InChI=1S/C10H16N6/c1-6-9-7(13-14-10(11)12)4-3-5-8(9)16(2)15-6/h3-5H2,1-2H3,(H4,11,12,14). The molecule has 0 spiro atoms. The van der Waals surface area contributed by atoms with E-state index in [2.05, 4.69) is 15.3 Å². The van der Waals surface area contributed by atoms with Crippen LogP contribution in [0.1, 0.15) is 29.8 Å². The fourth-order valence-electron chi connectivity index (χ4n) is 2.13. The molecule has 0 saturated heterocycles. The maximum Gasteiger partial charge on any atom is 0.211 e. The van der Waals surface area contributed by atoms with Crippen LogP contribution < -0.4 is 11.5 Å². The van der Waals surface area contributed by atoms with Crippen molar-refractivity contribution >= 4 is 11.7 Å². The number of hydrogen-bond donors (Lipinski definition) is 2. The summed E-state index contributed by atoms with van der Waals surface area (Å²) in [6.45, 7) is 1.98. The van der Waals surface area contributed by atoms with E-state index in [9.17, 15) is 0 Å². The van der Waals surface area contributed by atoms with Gasteiger partial charge in [-0.2, -0.15) is 10.2 Å². The summed E-state index contributed by atoms with van der Waals surface area (Å²) in [5, 5.41) is 12.2. The Hall–Kier alpha value is -1.85. The fraction of sp³-hybridized carbons (Fsp3) is 0.500. The minimum absolute atomic E-state index is 0.0128. The molecule has 86 valence electrons. The Morgan fingerprint density at radius 2 is 2.12 bits per heavy atom. The summed E-state index contributed by atoms with van der Waals surface area (Å²) in [6, 6.07) is 0. The van der Waals surface area contributed by atoms with Crippen LogP contribution in [0.2, 0.25) is 0 Å². The van der Waals surface area contributed by atoms with Gasteiger partial charge in [-0.05, 0) is 26.2 Å². The van der Waals surface area contributed by atoms with E-state index in [0.29, 0.717) is 0 Å². The second-order valence-corrected chi connectivity index (χ2v) is 3.96. The summed E-state index contributed by atoms with van der Waals surface area (Å²) >= 11 is 0. The van der Waals surface area contributed by atoms with Crippen molar-refractivity contribution in [2.24, 2.45) is 28.7 Å². The highest BCUT2D eigenvalue weighted by Crippen LogP contribution is 2.24. The second-order valence-electron chi connectivity index (χ2n) is 3.96. The first-order valence-electron chi connectivity index (χ1n) is 5.28. The molecule has 0 aromatic carbocycles. The molecule has 16 heavy (non-hydrogen) atoms. The predicted octanol–water partition coefficient (Wildman–Crippen LogP) is 0.0423. The first kappa shape index (κ1) is 10.7. The van der Waals surface area contributed by atoms with Gasteiger partial charge in [-0.15, -0.1) is 5.10 Å². The summed E-state index contributed by atoms with van der Waals surface area (Å²) in [6.07, 6.45) is 2.99. The Bertz CT molecular complexity index is 464. The minimum Gasteiger partial charge on any atom is -0.369 e. The van der Waals surface area contributed by atoms with Gasteiger partial charge in [-0.25, -0.2) is 0 Å². The molecule has 0 bridgehead atoms. The summed E-state index contributed by atoms with van der Waals surface area (Å²) in [5.74, 6) is -0.0128. The van der Waals surface area contributed by atoms with Gasteiger partial charge < -0.3 is 11.5 Å². The van der Waals surface area contributed by atoms with E-state index in [1.165, 1.54) is 5.69 Å². The van der Waals surface area contributed by atoms with Crippen molar-refractivity contribution < 1.29 is 0 Å². The lowest BCUT2D eigenvalue weighted by Gasteiger charge is -2.13. The molecular formula is C10H16N6. The average molecular weight is 220 g/mol. The van der Waals surface area contributed by atoms with E-state index in [4.69, 9.17) is 11.5 Å². The number of rotatable bonds is 1. The van der Waals surface area contributed by atoms with Crippen LogP contribution in [0.5, 0.6) is 0 Å². The highest BCUT2D eigenvalue weighted by molar-refractivity contribution is 6.03. The summed E-state index contributed by atoms with van der Waals surface area (Å²) in [4.78, 5) is 0. The van der Waals surface area contributed by atoms with Crippen molar-refractivity contribution in [1.82, 2.24) is 9.78 Å². The smallest absolute Gasteiger partial charge is 0.211 e. The predicted molar refractivity (Wildman–Crippen MR) is 63.2 cm³/mol. The molecule has 0 aliphatic heterocycles. The van der Waals surface area contributed by atoms with Crippen LogP contribution in [-0.4, -0.2) is 21.5 Å². The van der Waals surface area contributed by atoms with Crippen LogP contribution in [-0.2, 0) is 13.5 Å². The molecule has 0 unspecified atom stereocenters. The van der Waals surface area contributed by atoms with Crippen molar-refractivity contribution in [3.8, 4) is 0 Å². The topological polar surface area (TPSA) is 94.6 Å². The summed E-state index contributed by atoms with van der Waals surface area (Å²) in [7, 11) is 1.95. The summed E-state index contributed by atoms with van der Waals surface area (Å²) < 4.78 is 1.91. The molecule has 0 saturated carbocycles. The number of fused-ring (bicyclic) bond motifs is 1. The van der Waals surface area contributed by atoms with E-state index in [-0.39, 0.29) is 5.96 Å². The van der Waals surface area contributed by atoms with Gasteiger partial charge in [0.2, 0.25) is 5.96 Å². The largest absolute Gasteiger partial charge is 0.369 e. The third-order valence-electron chi connectivity index (χ3n) is 2.74.